The number of anilines is 1. The van der Waals surface area contributed by atoms with Gasteiger partial charge in [0, 0.05) is 11.1 Å². The van der Waals surface area contributed by atoms with Crippen LogP contribution in [0.3, 0.4) is 0 Å². The van der Waals surface area contributed by atoms with E-state index in [-0.39, 0.29) is 17.4 Å². The van der Waals surface area contributed by atoms with Gasteiger partial charge in [0.25, 0.3) is 0 Å². The van der Waals surface area contributed by atoms with Crippen LogP contribution in [0.15, 0.2) is 18.2 Å². The molecular formula is C16H21Cl2N3O4S. The molecule has 0 aromatic heterocycles. The summed E-state index contributed by atoms with van der Waals surface area (Å²) in [4.78, 5) is 24.7. The Labute approximate surface area is 162 Å². The molecule has 0 saturated carbocycles. The van der Waals surface area contributed by atoms with Crippen LogP contribution in [0.2, 0.25) is 10.0 Å². The first-order valence-electron chi connectivity index (χ1n) is 8.11. The van der Waals surface area contributed by atoms with Gasteiger partial charge in [-0.2, -0.15) is 0 Å². The Balaban J connectivity index is 2.00. The third-order valence-corrected chi connectivity index (χ3v) is 6.32. The molecule has 2 rings (SSSR count). The number of carbonyl (C=O) groups excluding carboxylic acids is 2. The Morgan fingerprint density at radius 1 is 1.23 bits per heavy atom. The minimum atomic E-state index is -3.10. The average Bonchev–Trinajstić information content (AvgIpc) is 2.86. The second kappa shape index (κ2) is 8.45. The number of rotatable bonds is 5. The van der Waals surface area contributed by atoms with Gasteiger partial charge in [0.2, 0.25) is 5.91 Å². The number of carbonyl (C=O) groups is 2. The Hall–Kier alpha value is -1.51. The first-order valence-corrected chi connectivity index (χ1v) is 10.7. The van der Waals surface area contributed by atoms with Crippen molar-refractivity contribution in [1.29, 1.82) is 0 Å². The van der Waals surface area contributed by atoms with Gasteiger partial charge in [0.05, 0.1) is 22.2 Å². The highest BCUT2D eigenvalue weighted by molar-refractivity contribution is 7.91. The van der Waals surface area contributed by atoms with Crippen molar-refractivity contribution in [3.05, 3.63) is 28.2 Å². The molecule has 3 N–H and O–H groups in total. The van der Waals surface area contributed by atoms with Crippen LogP contribution in [0, 0.1) is 5.92 Å². The molecule has 26 heavy (non-hydrogen) atoms. The number of nitrogens with one attached hydrogen (secondary N) is 3. The summed E-state index contributed by atoms with van der Waals surface area (Å²) in [5, 5.41) is 8.59. The van der Waals surface area contributed by atoms with E-state index in [4.69, 9.17) is 23.2 Å². The SMILES string of the molecule is CC(C)C(NC(=O)NC1CCS(=O)(=O)C1)C(=O)Nc1cc(Cl)ccc1Cl. The molecule has 2 atom stereocenters. The summed E-state index contributed by atoms with van der Waals surface area (Å²) in [7, 11) is -3.10. The van der Waals surface area contributed by atoms with Crippen molar-refractivity contribution in [2.45, 2.75) is 32.4 Å². The highest BCUT2D eigenvalue weighted by Gasteiger charge is 2.31. The van der Waals surface area contributed by atoms with Gasteiger partial charge in [-0.15, -0.1) is 0 Å². The van der Waals surface area contributed by atoms with Crippen LogP contribution in [-0.2, 0) is 14.6 Å². The minimum absolute atomic E-state index is 0.0549. The summed E-state index contributed by atoms with van der Waals surface area (Å²) in [5.41, 5.74) is 0.346. The molecule has 1 saturated heterocycles. The van der Waals surface area contributed by atoms with Gasteiger partial charge >= 0.3 is 6.03 Å². The molecule has 0 bridgehead atoms. The predicted octanol–water partition coefficient (Wildman–Crippen LogP) is 2.44. The van der Waals surface area contributed by atoms with E-state index in [2.05, 4.69) is 16.0 Å². The number of urea groups is 1. The van der Waals surface area contributed by atoms with Gasteiger partial charge in [-0.3, -0.25) is 4.79 Å². The van der Waals surface area contributed by atoms with E-state index in [9.17, 15) is 18.0 Å². The zero-order valence-electron chi connectivity index (χ0n) is 14.4. The monoisotopic (exact) mass is 421 g/mol. The summed E-state index contributed by atoms with van der Waals surface area (Å²) in [6, 6.07) is 2.81. The third-order valence-electron chi connectivity index (χ3n) is 3.99. The summed E-state index contributed by atoms with van der Waals surface area (Å²) in [6.45, 7) is 3.56. The molecular weight excluding hydrogens is 401 g/mol. The van der Waals surface area contributed by atoms with Crippen molar-refractivity contribution in [3.63, 3.8) is 0 Å². The summed E-state index contributed by atoms with van der Waals surface area (Å²) < 4.78 is 22.9. The van der Waals surface area contributed by atoms with Crippen LogP contribution < -0.4 is 16.0 Å². The van der Waals surface area contributed by atoms with Gasteiger partial charge in [-0.05, 0) is 30.5 Å². The molecule has 1 aliphatic rings. The highest BCUT2D eigenvalue weighted by Crippen LogP contribution is 2.25. The number of benzene rings is 1. The maximum atomic E-state index is 12.5. The molecule has 1 aromatic rings. The smallest absolute Gasteiger partial charge is 0.315 e. The Morgan fingerprint density at radius 3 is 2.50 bits per heavy atom. The maximum absolute atomic E-state index is 12.5. The first kappa shape index (κ1) is 20.8. The molecule has 7 nitrogen and oxygen atoms in total. The summed E-state index contributed by atoms with van der Waals surface area (Å²) in [6.07, 6.45) is 0.367. The van der Waals surface area contributed by atoms with Crippen LogP contribution in [0.5, 0.6) is 0 Å². The molecule has 10 heteroatoms. The first-order chi connectivity index (χ1) is 12.1. The van der Waals surface area contributed by atoms with Crippen LogP contribution in [0.1, 0.15) is 20.3 Å². The quantitative estimate of drug-likeness (QED) is 0.678. The fourth-order valence-electron chi connectivity index (χ4n) is 2.62. The van der Waals surface area contributed by atoms with E-state index in [1.165, 1.54) is 6.07 Å². The second-order valence-electron chi connectivity index (χ2n) is 6.55. The van der Waals surface area contributed by atoms with Crippen molar-refractivity contribution < 1.29 is 18.0 Å². The second-order valence-corrected chi connectivity index (χ2v) is 9.63. The molecule has 0 spiro atoms. The Kier molecular flexibility index (Phi) is 6.76. The van der Waals surface area contributed by atoms with E-state index < -0.39 is 33.9 Å². The normalized spacial score (nSPS) is 19.8. The molecule has 2 unspecified atom stereocenters. The Bertz CT molecular complexity index is 799. The molecule has 0 radical (unpaired) electrons. The lowest BCUT2D eigenvalue weighted by atomic mass is 10.0. The van der Waals surface area contributed by atoms with Gasteiger partial charge in [-0.1, -0.05) is 37.0 Å². The van der Waals surface area contributed by atoms with Crippen LogP contribution in [0.4, 0.5) is 10.5 Å². The molecule has 1 heterocycles. The van der Waals surface area contributed by atoms with E-state index >= 15 is 0 Å². The van der Waals surface area contributed by atoms with Crippen molar-refractivity contribution >= 4 is 50.7 Å². The molecule has 1 aromatic carbocycles. The zero-order valence-corrected chi connectivity index (χ0v) is 16.7. The summed E-state index contributed by atoms with van der Waals surface area (Å²) >= 11 is 11.9. The molecule has 0 aliphatic carbocycles. The van der Waals surface area contributed by atoms with Crippen molar-refractivity contribution in [1.82, 2.24) is 10.6 Å². The largest absolute Gasteiger partial charge is 0.334 e. The van der Waals surface area contributed by atoms with Gasteiger partial charge in [-0.25, -0.2) is 13.2 Å². The number of amides is 3. The molecule has 3 amide bonds. The number of hydrogen-bond donors (Lipinski definition) is 3. The standard InChI is InChI=1S/C16H21Cl2N3O4S/c1-9(2)14(15(22)20-13-7-10(17)3-4-12(13)18)21-16(23)19-11-5-6-26(24,25)8-11/h3-4,7,9,11,14H,5-6,8H2,1-2H3,(H,20,22)(H2,19,21,23). The zero-order chi connectivity index (χ0) is 19.5. The van der Waals surface area contributed by atoms with Gasteiger partial charge in [0.15, 0.2) is 9.84 Å². The van der Waals surface area contributed by atoms with E-state index in [1.54, 1.807) is 26.0 Å². The van der Waals surface area contributed by atoms with Crippen LogP contribution >= 0.6 is 23.2 Å². The van der Waals surface area contributed by atoms with Crippen LogP contribution in [-0.4, -0.2) is 43.9 Å². The third kappa shape index (κ3) is 5.75. The van der Waals surface area contributed by atoms with Crippen molar-refractivity contribution in [3.8, 4) is 0 Å². The van der Waals surface area contributed by atoms with E-state index in [1.807, 2.05) is 0 Å². The highest BCUT2D eigenvalue weighted by atomic mass is 35.5. The minimum Gasteiger partial charge on any atom is -0.334 e. The van der Waals surface area contributed by atoms with E-state index in [0.29, 0.717) is 22.2 Å². The topological polar surface area (TPSA) is 104 Å². The lowest BCUT2D eigenvalue weighted by Crippen LogP contribution is -2.52. The van der Waals surface area contributed by atoms with Crippen molar-refractivity contribution in [2.75, 3.05) is 16.8 Å². The summed E-state index contributed by atoms with van der Waals surface area (Å²) in [5.74, 6) is -0.680. The molecule has 1 aliphatic heterocycles. The predicted molar refractivity (Wildman–Crippen MR) is 102 cm³/mol. The van der Waals surface area contributed by atoms with Gasteiger partial charge in [0.1, 0.15) is 6.04 Å². The number of sulfone groups is 1. The Morgan fingerprint density at radius 2 is 1.92 bits per heavy atom. The fraction of sp³-hybridized carbons (Fsp3) is 0.500. The number of hydrogen-bond acceptors (Lipinski definition) is 4. The lowest BCUT2D eigenvalue weighted by molar-refractivity contribution is -0.118. The fourth-order valence-corrected chi connectivity index (χ4v) is 4.63. The van der Waals surface area contributed by atoms with Crippen molar-refractivity contribution in [2.24, 2.45) is 5.92 Å². The van der Waals surface area contributed by atoms with Crippen LogP contribution in [0.25, 0.3) is 0 Å². The van der Waals surface area contributed by atoms with E-state index in [0.717, 1.165) is 0 Å². The average molecular weight is 422 g/mol. The molecule has 1 fully saturated rings. The number of halogens is 2. The lowest BCUT2D eigenvalue weighted by Gasteiger charge is -2.23. The molecule has 144 valence electrons. The maximum Gasteiger partial charge on any atom is 0.315 e. The van der Waals surface area contributed by atoms with Gasteiger partial charge < -0.3 is 16.0 Å².